The van der Waals surface area contributed by atoms with E-state index in [1.54, 1.807) is 0 Å². The quantitative estimate of drug-likeness (QED) is 0.622. The van der Waals surface area contributed by atoms with Gasteiger partial charge in [0.15, 0.2) is 5.78 Å². The molecule has 5 heteroatoms. The number of carboxylic acids is 1. The number of ether oxygens (including phenoxy) is 1. The van der Waals surface area contributed by atoms with Crippen LogP contribution in [-0.2, 0) is 0 Å². The van der Waals surface area contributed by atoms with E-state index in [4.69, 9.17) is 9.84 Å². The number of hydrogen-bond donors (Lipinski definition) is 1. The molecule has 0 bridgehead atoms. The zero-order valence-electron chi connectivity index (χ0n) is 12.1. The molecule has 22 heavy (non-hydrogen) atoms. The Kier molecular flexibility index (Phi) is 5.61. The SMILES string of the molecule is CCOc1ccc(C(=O)O)cc1C(=O)CSc1ccccc1. The standard InChI is InChI=1S/C17H16O4S/c1-2-21-16-9-8-12(17(19)20)10-14(16)15(18)11-22-13-6-4-3-5-7-13/h3-10H,2,11H2,1H3,(H,19,20). The Hall–Kier alpha value is -2.27. The van der Waals surface area contributed by atoms with Crippen LogP contribution in [0.4, 0.5) is 0 Å². The van der Waals surface area contributed by atoms with E-state index in [9.17, 15) is 9.59 Å². The highest BCUT2D eigenvalue weighted by Gasteiger charge is 2.16. The van der Waals surface area contributed by atoms with Crippen LogP contribution < -0.4 is 4.74 Å². The summed E-state index contributed by atoms with van der Waals surface area (Å²) in [6.45, 7) is 2.23. The van der Waals surface area contributed by atoms with Crippen molar-refractivity contribution >= 4 is 23.5 Å². The number of benzene rings is 2. The number of carbonyl (C=O) groups excluding carboxylic acids is 1. The maximum absolute atomic E-state index is 12.4. The Morgan fingerprint density at radius 3 is 2.50 bits per heavy atom. The van der Waals surface area contributed by atoms with Gasteiger partial charge in [-0.05, 0) is 37.3 Å². The van der Waals surface area contributed by atoms with Crippen LogP contribution in [0.5, 0.6) is 5.75 Å². The number of ketones is 1. The molecule has 0 aromatic heterocycles. The Bertz CT molecular complexity index is 668. The van der Waals surface area contributed by atoms with Gasteiger partial charge in [-0.2, -0.15) is 0 Å². The molecule has 1 N–H and O–H groups in total. The highest BCUT2D eigenvalue weighted by molar-refractivity contribution is 8.00. The Morgan fingerprint density at radius 2 is 1.86 bits per heavy atom. The number of Topliss-reactive ketones (excluding diaryl/α,β-unsaturated/α-hetero) is 1. The van der Waals surface area contributed by atoms with Crippen molar-refractivity contribution in [2.75, 3.05) is 12.4 Å². The molecule has 2 aromatic rings. The van der Waals surface area contributed by atoms with Crippen molar-refractivity contribution in [3.8, 4) is 5.75 Å². The van der Waals surface area contributed by atoms with Crippen LogP contribution in [0.1, 0.15) is 27.6 Å². The maximum atomic E-state index is 12.4. The van der Waals surface area contributed by atoms with E-state index in [2.05, 4.69) is 0 Å². The molecule has 0 aliphatic carbocycles. The number of rotatable bonds is 7. The molecule has 0 saturated heterocycles. The third-order valence-corrected chi connectivity index (χ3v) is 3.95. The molecule has 0 atom stereocenters. The summed E-state index contributed by atoms with van der Waals surface area (Å²) >= 11 is 1.41. The predicted octanol–water partition coefficient (Wildman–Crippen LogP) is 3.76. The van der Waals surface area contributed by atoms with Gasteiger partial charge in [0.1, 0.15) is 5.75 Å². The first kappa shape index (κ1) is 16.1. The number of thioether (sulfide) groups is 1. The Labute approximate surface area is 133 Å². The third-order valence-electron chi connectivity index (χ3n) is 2.94. The molecule has 0 aliphatic heterocycles. The fourth-order valence-electron chi connectivity index (χ4n) is 1.91. The maximum Gasteiger partial charge on any atom is 0.335 e. The first-order valence-corrected chi connectivity index (χ1v) is 7.81. The first-order valence-electron chi connectivity index (χ1n) is 6.83. The van der Waals surface area contributed by atoms with Gasteiger partial charge in [-0.1, -0.05) is 18.2 Å². The number of hydrogen-bond acceptors (Lipinski definition) is 4. The molecule has 0 spiro atoms. The minimum Gasteiger partial charge on any atom is -0.493 e. The van der Waals surface area contributed by atoms with E-state index in [1.165, 1.54) is 30.0 Å². The van der Waals surface area contributed by atoms with Crippen LogP contribution in [0.3, 0.4) is 0 Å². The summed E-state index contributed by atoms with van der Waals surface area (Å²) in [6.07, 6.45) is 0. The summed E-state index contributed by atoms with van der Waals surface area (Å²) in [7, 11) is 0. The van der Waals surface area contributed by atoms with E-state index >= 15 is 0 Å². The second kappa shape index (κ2) is 7.66. The highest BCUT2D eigenvalue weighted by Crippen LogP contribution is 2.25. The van der Waals surface area contributed by atoms with Crippen molar-refractivity contribution in [1.29, 1.82) is 0 Å². The van der Waals surface area contributed by atoms with E-state index in [0.29, 0.717) is 17.9 Å². The van der Waals surface area contributed by atoms with Gasteiger partial charge in [0.25, 0.3) is 0 Å². The second-order valence-corrected chi connectivity index (χ2v) is 5.52. The van der Waals surface area contributed by atoms with Gasteiger partial charge >= 0.3 is 5.97 Å². The summed E-state index contributed by atoms with van der Waals surface area (Å²) in [6, 6.07) is 13.9. The molecule has 2 rings (SSSR count). The lowest BCUT2D eigenvalue weighted by Crippen LogP contribution is -2.08. The molecule has 0 fully saturated rings. The molecule has 0 saturated carbocycles. The van der Waals surface area contributed by atoms with E-state index in [-0.39, 0.29) is 17.1 Å². The zero-order valence-corrected chi connectivity index (χ0v) is 12.9. The summed E-state index contributed by atoms with van der Waals surface area (Å²) in [4.78, 5) is 24.5. The molecular formula is C17H16O4S. The summed E-state index contributed by atoms with van der Waals surface area (Å²) in [5, 5.41) is 9.06. The van der Waals surface area contributed by atoms with Gasteiger partial charge < -0.3 is 9.84 Å². The van der Waals surface area contributed by atoms with Crippen LogP contribution >= 0.6 is 11.8 Å². The lowest BCUT2D eigenvalue weighted by Gasteiger charge is -2.10. The molecule has 114 valence electrons. The van der Waals surface area contributed by atoms with Gasteiger partial charge in [-0.15, -0.1) is 11.8 Å². The van der Waals surface area contributed by atoms with Crippen molar-refractivity contribution in [3.05, 3.63) is 59.7 Å². The highest BCUT2D eigenvalue weighted by atomic mass is 32.2. The van der Waals surface area contributed by atoms with Gasteiger partial charge in [0.05, 0.1) is 23.5 Å². The van der Waals surface area contributed by atoms with Crippen LogP contribution in [0.2, 0.25) is 0 Å². The minimum absolute atomic E-state index is 0.0801. The average molecular weight is 316 g/mol. The smallest absolute Gasteiger partial charge is 0.335 e. The number of carboxylic acid groups (broad SMARTS) is 1. The predicted molar refractivity (Wildman–Crippen MR) is 86.1 cm³/mol. The van der Waals surface area contributed by atoms with E-state index in [0.717, 1.165) is 4.90 Å². The summed E-state index contributed by atoms with van der Waals surface area (Å²) < 4.78 is 5.42. The molecule has 0 amide bonds. The molecule has 2 aromatic carbocycles. The second-order valence-electron chi connectivity index (χ2n) is 4.47. The summed E-state index contributed by atoms with van der Waals surface area (Å²) in [5.74, 6) is -0.563. The van der Waals surface area contributed by atoms with Crippen LogP contribution in [0, 0.1) is 0 Å². The van der Waals surface area contributed by atoms with Crippen molar-refractivity contribution in [2.24, 2.45) is 0 Å². The van der Waals surface area contributed by atoms with Gasteiger partial charge in [-0.3, -0.25) is 4.79 Å². The number of carbonyl (C=O) groups is 2. The van der Waals surface area contributed by atoms with Crippen LogP contribution in [0.15, 0.2) is 53.4 Å². The normalized spacial score (nSPS) is 10.2. The van der Waals surface area contributed by atoms with E-state index in [1.807, 2.05) is 37.3 Å². The monoisotopic (exact) mass is 316 g/mol. The molecule has 0 unspecified atom stereocenters. The summed E-state index contributed by atoms with van der Waals surface area (Å²) in [5.41, 5.74) is 0.390. The molecule has 0 aliphatic rings. The van der Waals surface area contributed by atoms with E-state index < -0.39 is 5.97 Å². The fraction of sp³-hybridized carbons (Fsp3) is 0.176. The van der Waals surface area contributed by atoms with Crippen molar-refractivity contribution in [1.82, 2.24) is 0 Å². The molecule has 0 radical (unpaired) electrons. The average Bonchev–Trinajstić information content (AvgIpc) is 2.54. The lowest BCUT2D eigenvalue weighted by atomic mass is 10.1. The minimum atomic E-state index is -1.06. The number of aromatic carboxylic acids is 1. The fourth-order valence-corrected chi connectivity index (χ4v) is 2.71. The largest absolute Gasteiger partial charge is 0.493 e. The van der Waals surface area contributed by atoms with Gasteiger partial charge in [-0.25, -0.2) is 4.79 Å². The van der Waals surface area contributed by atoms with Crippen molar-refractivity contribution in [3.63, 3.8) is 0 Å². The third kappa shape index (κ3) is 4.11. The molecule has 4 nitrogen and oxygen atoms in total. The zero-order chi connectivity index (χ0) is 15.9. The Balaban J connectivity index is 2.19. The molecular weight excluding hydrogens is 300 g/mol. The van der Waals surface area contributed by atoms with Gasteiger partial charge in [0.2, 0.25) is 0 Å². The van der Waals surface area contributed by atoms with Crippen molar-refractivity contribution < 1.29 is 19.4 Å². The lowest BCUT2D eigenvalue weighted by molar-refractivity contribution is 0.0697. The molecule has 0 heterocycles. The topological polar surface area (TPSA) is 63.6 Å². The first-order chi connectivity index (χ1) is 10.6. The van der Waals surface area contributed by atoms with Crippen molar-refractivity contribution in [2.45, 2.75) is 11.8 Å². The van der Waals surface area contributed by atoms with Crippen LogP contribution in [0.25, 0.3) is 0 Å². The van der Waals surface area contributed by atoms with Gasteiger partial charge in [0, 0.05) is 4.90 Å². The Morgan fingerprint density at radius 1 is 1.14 bits per heavy atom. The van der Waals surface area contributed by atoms with Crippen LogP contribution in [-0.4, -0.2) is 29.2 Å².